The molecule has 0 saturated heterocycles. The van der Waals surface area contributed by atoms with Crippen LogP contribution in [-0.4, -0.2) is 63.9 Å². The van der Waals surface area contributed by atoms with Crippen LogP contribution in [0.15, 0.2) is 30.5 Å². The number of fused-ring (bicyclic) bond motifs is 1. The van der Waals surface area contributed by atoms with Crippen LogP contribution in [0.3, 0.4) is 0 Å². The standard InChI is InChI=1S/C27H40N6O6/c1-14(2)11-20(31-26(37)23(15(3)4)33-24(35)18(28)9-10-22(29)34)25(36)32-21(27(38)39)12-16-13-30-19-8-6-5-7-17(16)19/h5-8,13-15,18,20-21,23,30H,9-12,28H2,1-4H3,(H2,29,34)(H,31,37)(H,32,36)(H,33,35)(H,38,39). The van der Waals surface area contributed by atoms with Crippen molar-refractivity contribution in [2.45, 2.75) is 77.5 Å². The van der Waals surface area contributed by atoms with Crippen LogP contribution in [0.4, 0.5) is 0 Å². The smallest absolute Gasteiger partial charge is 0.326 e. The second-order valence-corrected chi connectivity index (χ2v) is 10.5. The van der Waals surface area contributed by atoms with E-state index in [0.29, 0.717) is 0 Å². The van der Waals surface area contributed by atoms with E-state index in [-0.39, 0.29) is 37.5 Å². The number of carbonyl (C=O) groups excluding carboxylic acids is 4. The summed E-state index contributed by atoms with van der Waals surface area (Å²) in [6, 6.07) is 3.12. The van der Waals surface area contributed by atoms with Crippen molar-refractivity contribution in [1.29, 1.82) is 0 Å². The zero-order chi connectivity index (χ0) is 29.3. The number of aromatic amines is 1. The molecule has 1 aromatic carbocycles. The number of rotatable bonds is 15. The van der Waals surface area contributed by atoms with Gasteiger partial charge in [-0.3, -0.25) is 19.2 Å². The Kier molecular flexibility index (Phi) is 11.5. The molecule has 214 valence electrons. The number of nitrogens with two attached hydrogens (primary N) is 2. The van der Waals surface area contributed by atoms with Gasteiger partial charge in [-0.25, -0.2) is 4.79 Å². The number of nitrogens with one attached hydrogen (secondary N) is 4. The summed E-state index contributed by atoms with van der Waals surface area (Å²) in [7, 11) is 0. The normalized spacial score (nSPS) is 14.4. The van der Waals surface area contributed by atoms with Crippen molar-refractivity contribution in [1.82, 2.24) is 20.9 Å². The zero-order valence-electron chi connectivity index (χ0n) is 22.8. The van der Waals surface area contributed by atoms with E-state index >= 15 is 0 Å². The molecule has 2 rings (SSSR count). The summed E-state index contributed by atoms with van der Waals surface area (Å²) in [5.41, 5.74) is 12.5. The monoisotopic (exact) mass is 544 g/mol. The van der Waals surface area contributed by atoms with Gasteiger partial charge < -0.3 is 37.5 Å². The highest BCUT2D eigenvalue weighted by atomic mass is 16.4. The maximum atomic E-state index is 13.2. The van der Waals surface area contributed by atoms with Crippen molar-refractivity contribution in [2.24, 2.45) is 23.3 Å². The van der Waals surface area contributed by atoms with E-state index in [1.807, 2.05) is 38.1 Å². The molecule has 1 aromatic heterocycles. The molecule has 0 aliphatic rings. The SMILES string of the molecule is CC(C)CC(NC(=O)C(NC(=O)C(N)CCC(N)=O)C(C)C)C(=O)NC(Cc1c[nH]c2ccccc12)C(=O)O. The minimum absolute atomic E-state index is 0.00717. The topological polar surface area (TPSA) is 209 Å². The molecule has 0 saturated carbocycles. The van der Waals surface area contributed by atoms with Gasteiger partial charge in [0.25, 0.3) is 0 Å². The second-order valence-electron chi connectivity index (χ2n) is 10.5. The molecule has 2 aromatic rings. The minimum atomic E-state index is -1.23. The first kappa shape index (κ1) is 31.3. The molecule has 12 heteroatoms. The maximum Gasteiger partial charge on any atom is 0.326 e. The van der Waals surface area contributed by atoms with Gasteiger partial charge in [0, 0.05) is 29.9 Å². The summed E-state index contributed by atoms with van der Waals surface area (Å²) >= 11 is 0. The van der Waals surface area contributed by atoms with Crippen LogP contribution in [0.2, 0.25) is 0 Å². The molecular formula is C27H40N6O6. The number of para-hydroxylation sites is 1. The van der Waals surface area contributed by atoms with Crippen LogP contribution in [0, 0.1) is 11.8 Å². The van der Waals surface area contributed by atoms with Gasteiger partial charge in [0.15, 0.2) is 0 Å². The van der Waals surface area contributed by atoms with Gasteiger partial charge in [0.2, 0.25) is 23.6 Å². The van der Waals surface area contributed by atoms with Gasteiger partial charge in [0.05, 0.1) is 6.04 Å². The Morgan fingerprint density at radius 3 is 2.15 bits per heavy atom. The molecule has 39 heavy (non-hydrogen) atoms. The fraction of sp³-hybridized carbons (Fsp3) is 0.519. The summed E-state index contributed by atoms with van der Waals surface area (Å²) < 4.78 is 0. The van der Waals surface area contributed by atoms with Crippen molar-refractivity contribution >= 4 is 40.5 Å². The average Bonchev–Trinajstić information content (AvgIpc) is 3.26. The summed E-state index contributed by atoms with van der Waals surface area (Å²) in [6.45, 7) is 7.18. The third kappa shape index (κ3) is 9.40. The number of carbonyl (C=O) groups is 5. The molecule has 0 aliphatic carbocycles. The summed E-state index contributed by atoms with van der Waals surface area (Å²) in [5.74, 6) is -4.04. The summed E-state index contributed by atoms with van der Waals surface area (Å²) in [5, 5.41) is 18.5. The number of hydrogen-bond acceptors (Lipinski definition) is 6. The minimum Gasteiger partial charge on any atom is -0.480 e. The van der Waals surface area contributed by atoms with Gasteiger partial charge in [-0.1, -0.05) is 45.9 Å². The molecule has 1 heterocycles. The fourth-order valence-electron chi connectivity index (χ4n) is 4.18. The number of aliphatic carboxylic acids is 1. The highest BCUT2D eigenvalue weighted by molar-refractivity contribution is 5.94. The summed E-state index contributed by atoms with van der Waals surface area (Å²) in [6.07, 6.45) is 1.95. The number of carboxylic acids is 1. The predicted octanol–water partition coefficient (Wildman–Crippen LogP) is 0.544. The Morgan fingerprint density at radius 2 is 1.56 bits per heavy atom. The third-order valence-electron chi connectivity index (χ3n) is 6.34. The Balaban J connectivity index is 2.14. The fourth-order valence-corrected chi connectivity index (χ4v) is 4.18. The number of H-pyrrole nitrogens is 1. The number of benzene rings is 1. The van der Waals surface area contributed by atoms with E-state index in [0.717, 1.165) is 16.5 Å². The van der Waals surface area contributed by atoms with Crippen LogP contribution < -0.4 is 27.4 Å². The molecule has 0 aliphatic heterocycles. The first-order valence-electron chi connectivity index (χ1n) is 13.0. The highest BCUT2D eigenvalue weighted by Crippen LogP contribution is 2.19. The number of carboxylic acid groups (broad SMARTS) is 1. The highest BCUT2D eigenvalue weighted by Gasteiger charge is 2.32. The van der Waals surface area contributed by atoms with Crippen molar-refractivity contribution in [2.75, 3.05) is 0 Å². The van der Waals surface area contributed by atoms with Crippen LogP contribution in [-0.2, 0) is 30.4 Å². The van der Waals surface area contributed by atoms with Crippen molar-refractivity contribution in [3.05, 3.63) is 36.0 Å². The van der Waals surface area contributed by atoms with Gasteiger partial charge in [0.1, 0.15) is 18.1 Å². The zero-order valence-corrected chi connectivity index (χ0v) is 22.8. The predicted molar refractivity (Wildman–Crippen MR) is 146 cm³/mol. The number of primary amides is 1. The lowest BCUT2D eigenvalue weighted by atomic mass is 9.98. The lowest BCUT2D eigenvalue weighted by Crippen LogP contribution is -2.58. The first-order chi connectivity index (χ1) is 18.3. The lowest BCUT2D eigenvalue weighted by Gasteiger charge is -2.27. The Bertz CT molecular complexity index is 1180. The van der Waals surface area contributed by atoms with E-state index in [1.165, 1.54) is 0 Å². The average molecular weight is 545 g/mol. The Morgan fingerprint density at radius 1 is 0.923 bits per heavy atom. The van der Waals surface area contributed by atoms with Crippen LogP contribution in [0.1, 0.15) is 52.5 Å². The second kappa shape index (κ2) is 14.3. The molecule has 4 amide bonds. The molecule has 0 radical (unpaired) electrons. The lowest BCUT2D eigenvalue weighted by molar-refractivity contribution is -0.142. The van der Waals surface area contributed by atoms with E-state index in [2.05, 4.69) is 20.9 Å². The number of amides is 4. The molecule has 0 fully saturated rings. The van der Waals surface area contributed by atoms with Crippen molar-refractivity contribution < 1.29 is 29.1 Å². The number of aromatic nitrogens is 1. The van der Waals surface area contributed by atoms with Gasteiger partial charge >= 0.3 is 5.97 Å². The first-order valence-corrected chi connectivity index (χ1v) is 13.0. The Labute approximate surface area is 227 Å². The van der Waals surface area contributed by atoms with E-state index in [4.69, 9.17) is 11.5 Å². The van der Waals surface area contributed by atoms with Crippen LogP contribution in [0.5, 0.6) is 0 Å². The van der Waals surface area contributed by atoms with Crippen LogP contribution >= 0.6 is 0 Å². The van der Waals surface area contributed by atoms with Crippen molar-refractivity contribution in [3.8, 4) is 0 Å². The van der Waals surface area contributed by atoms with Gasteiger partial charge in [-0.05, 0) is 36.3 Å². The third-order valence-corrected chi connectivity index (χ3v) is 6.34. The van der Waals surface area contributed by atoms with Gasteiger partial charge in [-0.2, -0.15) is 0 Å². The molecule has 4 atom stereocenters. The largest absolute Gasteiger partial charge is 0.480 e. The van der Waals surface area contributed by atoms with E-state index in [1.54, 1.807) is 20.0 Å². The molecular weight excluding hydrogens is 504 g/mol. The van der Waals surface area contributed by atoms with E-state index < -0.39 is 53.8 Å². The molecule has 12 nitrogen and oxygen atoms in total. The maximum absolute atomic E-state index is 13.2. The molecule has 9 N–H and O–H groups in total. The quantitative estimate of drug-likeness (QED) is 0.169. The van der Waals surface area contributed by atoms with Crippen molar-refractivity contribution in [3.63, 3.8) is 0 Å². The van der Waals surface area contributed by atoms with E-state index in [9.17, 15) is 29.1 Å². The molecule has 4 unspecified atom stereocenters. The van der Waals surface area contributed by atoms with Crippen LogP contribution in [0.25, 0.3) is 10.9 Å². The summed E-state index contributed by atoms with van der Waals surface area (Å²) in [4.78, 5) is 65.1. The Hall–Kier alpha value is -3.93. The molecule has 0 bridgehead atoms. The van der Waals surface area contributed by atoms with Gasteiger partial charge in [-0.15, -0.1) is 0 Å². The number of hydrogen-bond donors (Lipinski definition) is 7. The molecule has 0 spiro atoms.